The first-order valence-electron chi connectivity index (χ1n) is 4.72. The molecule has 15 heavy (non-hydrogen) atoms. The zero-order valence-electron chi connectivity index (χ0n) is 7.91. The molecule has 1 aliphatic rings. The van der Waals surface area contributed by atoms with Crippen molar-refractivity contribution >= 4 is 29.1 Å². The molecule has 0 fully saturated rings. The van der Waals surface area contributed by atoms with Crippen molar-refractivity contribution in [2.75, 3.05) is 13.2 Å². The Morgan fingerprint density at radius 3 is 2.93 bits per heavy atom. The van der Waals surface area contributed by atoms with Gasteiger partial charge in [-0.3, -0.25) is 0 Å². The van der Waals surface area contributed by atoms with Crippen LogP contribution in [-0.2, 0) is 4.74 Å². The van der Waals surface area contributed by atoms with Gasteiger partial charge in [0, 0.05) is 5.56 Å². The van der Waals surface area contributed by atoms with Crippen molar-refractivity contribution in [1.29, 1.82) is 0 Å². The van der Waals surface area contributed by atoms with Gasteiger partial charge in [0.15, 0.2) is 4.77 Å². The molecule has 3 rings (SSSR count). The summed E-state index contributed by atoms with van der Waals surface area (Å²) in [4.78, 5) is 10.4. The molecule has 0 radical (unpaired) electrons. The van der Waals surface area contributed by atoms with Gasteiger partial charge in [-0.25, -0.2) is 4.99 Å². The summed E-state index contributed by atoms with van der Waals surface area (Å²) in [6, 6.07) is 5.94. The van der Waals surface area contributed by atoms with E-state index >= 15 is 0 Å². The van der Waals surface area contributed by atoms with E-state index in [0.29, 0.717) is 11.4 Å². The molecule has 0 saturated heterocycles. The van der Waals surface area contributed by atoms with Crippen LogP contribution in [0.5, 0.6) is 0 Å². The minimum atomic E-state index is 0.636. The fourth-order valence-electron chi connectivity index (χ4n) is 1.68. The number of aliphatic imine (C=N–C) groups is 1. The number of ether oxygens (including phenoxy) is 1. The van der Waals surface area contributed by atoms with E-state index in [1.165, 1.54) is 0 Å². The number of imidazole rings is 1. The number of nitrogens with zero attached hydrogens (tertiary/aromatic N) is 1. The van der Waals surface area contributed by atoms with E-state index in [9.17, 15) is 0 Å². The highest BCUT2D eigenvalue weighted by Gasteiger charge is 2.10. The number of aromatic nitrogens is 2. The highest BCUT2D eigenvalue weighted by Crippen LogP contribution is 2.15. The van der Waals surface area contributed by atoms with Crippen molar-refractivity contribution in [2.45, 2.75) is 0 Å². The van der Waals surface area contributed by atoms with Gasteiger partial charge < -0.3 is 14.7 Å². The van der Waals surface area contributed by atoms with Gasteiger partial charge in [0.25, 0.3) is 0 Å². The van der Waals surface area contributed by atoms with Crippen molar-refractivity contribution in [2.24, 2.45) is 4.99 Å². The lowest BCUT2D eigenvalue weighted by Crippen LogP contribution is -2.00. The Balaban J connectivity index is 2.16. The Labute approximate surface area is 91.0 Å². The predicted octanol–water partition coefficient (Wildman–Crippen LogP) is 2.00. The largest absolute Gasteiger partial charge is 0.476 e. The van der Waals surface area contributed by atoms with Crippen LogP contribution in [0.25, 0.3) is 11.0 Å². The van der Waals surface area contributed by atoms with Gasteiger partial charge in [0.1, 0.15) is 6.61 Å². The van der Waals surface area contributed by atoms with Crippen LogP contribution in [0.4, 0.5) is 0 Å². The Bertz CT molecular complexity index is 596. The quantitative estimate of drug-likeness (QED) is 0.721. The highest BCUT2D eigenvalue weighted by atomic mass is 32.1. The maximum absolute atomic E-state index is 5.39. The van der Waals surface area contributed by atoms with Gasteiger partial charge in [0.2, 0.25) is 5.90 Å². The van der Waals surface area contributed by atoms with Crippen LogP contribution in [0.15, 0.2) is 23.2 Å². The number of H-pyrrole nitrogens is 2. The van der Waals surface area contributed by atoms with Gasteiger partial charge in [-0.05, 0) is 30.4 Å². The molecule has 1 aromatic carbocycles. The van der Waals surface area contributed by atoms with Gasteiger partial charge in [-0.2, -0.15) is 0 Å². The van der Waals surface area contributed by atoms with Gasteiger partial charge in [0.05, 0.1) is 17.6 Å². The van der Waals surface area contributed by atoms with E-state index in [2.05, 4.69) is 15.0 Å². The second-order valence-corrected chi connectivity index (χ2v) is 3.78. The Morgan fingerprint density at radius 2 is 2.13 bits per heavy atom. The molecule has 0 saturated carbocycles. The van der Waals surface area contributed by atoms with Crippen LogP contribution < -0.4 is 0 Å². The fraction of sp³-hybridized carbons (Fsp3) is 0.200. The molecular weight excluding hydrogens is 210 g/mol. The SMILES string of the molecule is S=c1[nH]c2ccc(C3=NCCO3)cc2[nH]1. The van der Waals surface area contributed by atoms with Crippen molar-refractivity contribution in [3.63, 3.8) is 0 Å². The van der Waals surface area contributed by atoms with Crippen LogP contribution in [-0.4, -0.2) is 29.0 Å². The minimum Gasteiger partial charge on any atom is -0.476 e. The maximum atomic E-state index is 5.39. The van der Waals surface area contributed by atoms with E-state index in [1.807, 2.05) is 18.2 Å². The van der Waals surface area contributed by atoms with E-state index < -0.39 is 0 Å². The number of hydrogen-bond donors (Lipinski definition) is 2. The molecule has 0 aliphatic carbocycles. The van der Waals surface area contributed by atoms with Crippen LogP contribution in [0.2, 0.25) is 0 Å². The number of rotatable bonds is 1. The molecule has 0 unspecified atom stereocenters. The zero-order valence-corrected chi connectivity index (χ0v) is 8.73. The number of aromatic amines is 2. The van der Waals surface area contributed by atoms with E-state index in [4.69, 9.17) is 17.0 Å². The molecule has 2 heterocycles. The molecular formula is C10H9N3OS. The summed E-state index contributed by atoms with van der Waals surface area (Å²) in [6.45, 7) is 1.42. The Morgan fingerprint density at radius 1 is 1.27 bits per heavy atom. The van der Waals surface area contributed by atoms with Gasteiger partial charge >= 0.3 is 0 Å². The van der Waals surface area contributed by atoms with Gasteiger partial charge in [-0.15, -0.1) is 0 Å². The minimum absolute atomic E-state index is 0.636. The van der Waals surface area contributed by atoms with Crippen LogP contribution in [0.1, 0.15) is 5.56 Å². The number of fused-ring (bicyclic) bond motifs is 1. The third-order valence-electron chi connectivity index (χ3n) is 2.35. The lowest BCUT2D eigenvalue weighted by Gasteiger charge is -2.00. The second kappa shape index (κ2) is 3.20. The second-order valence-electron chi connectivity index (χ2n) is 3.37. The van der Waals surface area contributed by atoms with Crippen molar-refractivity contribution < 1.29 is 4.74 Å². The molecule has 2 aromatic rings. The van der Waals surface area contributed by atoms with Crippen molar-refractivity contribution in [1.82, 2.24) is 9.97 Å². The summed E-state index contributed by atoms with van der Waals surface area (Å²) in [5.74, 6) is 0.720. The zero-order chi connectivity index (χ0) is 10.3. The Hall–Kier alpha value is -1.62. The molecule has 0 bridgehead atoms. The molecule has 0 spiro atoms. The number of nitrogens with one attached hydrogen (secondary N) is 2. The first-order chi connectivity index (χ1) is 7.33. The number of benzene rings is 1. The Kier molecular flexibility index (Phi) is 1.85. The molecule has 1 aliphatic heterocycles. The third-order valence-corrected chi connectivity index (χ3v) is 2.55. The predicted molar refractivity (Wildman–Crippen MR) is 60.8 cm³/mol. The molecule has 4 nitrogen and oxygen atoms in total. The molecule has 1 aromatic heterocycles. The fourth-order valence-corrected chi connectivity index (χ4v) is 1.90. The molecule has 0 amide bonds. The summed E-state index contributed by atoms with van der Waals surface area (Å²) in [7, 11) is 0. The lowest BCUT2D eigenvalue weighted by atomic mass is 10.2. The summed E-state index contributed by atoms with van der Waals surface area (Å²) in [5.41, 5.74) is 2.98. The van der Waals surface area contributed by atoms with Crippen LogP contribution in [0.3, 0.4) is 0 Å². The molecule has 0 atom stereocenters. The van der Waals surface area contributed by atoms with Crippen LogP contribution in [0, 0.1) is 4.77 Å². The molecule has 5 heteroatoms. The first kappa shape index (κ1) is 8.67. The normalized spacial score (nSPS) is 15.3. The smallest absolute Gasteiger partial charge is 0.216 e. The van der Waals surface area contributed by atoms with Crippen LogP contribution >= 0.6 is 12.2 Å². The monoisotopic (exact) mass is 219 g/mol. The van der Waals surface area contributed by atoms with Crippen molar-refractivity contribution in [3.05, 3.63) is 28.5 Å². The summed E-state index contributed by atoms with van der Waals surface area (Å²) in [6.07, 6.45) is 0. The topological polar surface area (TPSA) is 53.2 Å². The van der Waals surface area contributed by atoms with E-state index in [0.717, 1.165) is 29.0 Å². The summed E-state index contributed by atoms with van der Waals surface area (Å²) in [5, 5.41) is 0. The molecule has 2 N–H and O–H groups in total. The van der Waals surface area contributed by atoms with Gasteiger partial charge in [-0.1, -0.05) is 0 Å². The average Bonchev–Trinajstić information content (AvgIpc) is 2.82. The third kappa shape index (κ3) is 1.45. The van der Waals surface area contributed by atoms with Crippen molar-refractivity contribution in [3.8, 4) is 0 Å². The maximum Gasteiger partial charge on any atom is 0.216 e. The summed E-state index contributed by atoms with van der Waals surface area (Å²) >= 11 is 5.02. The highest BCUT2D eigenvalue weighted by molar-refractivity contribution is 7.71. The lowest BCUT2D eigenvalue weighted by molar-refractivity contribution is 0.348. The average molecular weight is 219 g/mol. The summed E-state index contributed by atoms with van der Waals surface area (Å²) < 4.78 is 6.03. The number of hydrogen-bond acceptors (Lipinski definition) is 3. The van der Waals surface area contributed by atoms with E-state index in [1.54, 1.807) is 0 Å². The molecule has 76 valence electrons. The first-order valence-corrected chi connectivity index (χ1v) is 5.13. The standard InChI is InChI=1S/C10H9N3OS/c15-10-12-7-2-1-6(5-8(7)13-10)9-11-3-4-14-9/h1-2,5H,3-4H2,(H2,12,13,15). The van der Waals surface area contributed by atoms with E-state index in [-0.39, 0.29) is 0 Å².